The van der Waals surface area contributed by atoms with Crippen LogP contribution in [0.25, 0.3) is 0 Å². The van der Waals surface area contributed by atoms with Gasteiger partial charge in [0.05, 0.1) is 0 Å². The summed E-state index contributed by atoms with van der Waals surface area (Å²) in [5.74, 6) is 0. The first-order valence-corrected chi connectivity index (χ1v) is 7.51. The number of benzene rings is 2. The molecule has 0 aliphatic carbocycles. The average Bonchev–Trinajstić information content (AvgIpc) is 2.31. The van der Waals surface area contributed by atoms with Gasteiger partial charge < -0.3 is 5.73 Å². The van der Waals surface area contributed by atoms with Gasteiger partial charge in [-0.3, -0.25) is 0 Å². The summed E-state index contributed by atoms with van der Waals surface area (Å²) < 4.78 is 2.16. The van der Waals surface area contributed by atoms with Crippen LogP contribution in [-0.4, -0.2) is 0 Å². The predicted octanol–water partition coefficient (Wildman–Crippen LogP) is 4.82. The standard InChI is InChI=1S/C13H11Br2NS/c14-10-2-1-3-12(7-10)17-13-5-4-11(15)6-9(13)8-16/h1-7H,8,16H2. The van der Waals surface area contributed by atoms with Crippen LogP contribution in [0.4, 0.5) is 0 Å². The van der Waals surface area contributed by atoms with E-state index in [1.54, 1.807) is 11.8 Å². The summed E-state index contributed by atoms with van der Waals surface area (Å²) in [6, 6.07) is 14.5. The van der Waals surface area contributed by atoms with Crippen molar-refractivity contribution >= 4 is 43.6 Å². The molecule has 0 aromatic heterocycles. The van der Waals surface area contributed by atoms with Crippen molar-refractivity contribution in [3.63, 3.8) is 0 Å². The molecular formula is C13H11Br2NS. The summed E-state index contributed by atoms with van der Waals surface area (Å²) in [6.45, 7) is 0.551. The van der Waals surface area contributed by atoms with Crippen LogP contribution in [0.2, 0.25) is 0 Å². The SMILES string of the molecule is NCc1cc(Br)ccc1Sc1cccc(Br)c1. The molecular weight excluding hydrogens is 362 g/mol. The molecule has 0 heterocycles. The molecule has 0 atom stereocenters. The zero-order valence-electron chi connectivity index (χ0n) is 8.99. The van der Waals surface area contributed by atoms with Gasteiger partial charge in [0.15, 0.2) is 0 Å². The maximum atomic E-state index is 5.76. The van der Waals surface area contributed by atoms with Crippen LogP contribution in [0.1, 0.15) is 5.56 Å². The van der Waals surface area contributed by atoms with Crippen LogP contribution < -0.4 is 5.73 Å². The molecule has 2 aromatic carbocycles. The van der Waals surface area contributed by atoms with E-state index in [1.165, 1.54) is 9.79 Å². The molecule has 0 saturated carbocycles. The summed E-state index contributed by atoms with van der Waals surface area (Å²) in [6.07, 6.45) is 0. The molecule has 0 amide bonds. The first-order valence-electron chi connectivity index (χ1n) is 5.11. The Morgan fingerprint density at radius 3 is 2.47 bits per heavy atom. The molecule has 0 bridgehead atoms. The molecule has 17 heavy (non-hydrogen) atoms. The van der Waals surface area contributed by atoms with E-state index < -0.39 is 0 Å². The lowest BCUT2D eigenvalue weighted by molar-refractivity contribution is 1.02. The Morgan fingerprint density at radius 1 is 1.00 bits per heavy atom. The van der Waals surface area contributed by atoms with Crippen molar-refractivity contribution in [1.29, 1.82) is 0 Å². The van der Waals surface area contributed by atoms with Gasteiger partial charge in [-0.1, -0.05) is 49.7 Å². The topological polar surface area (TPSA) is 26.0 Å². The summed E-state index contributed by atoms with van der Waals surface area (Å²) in [5, 5.41) is 0. The maximum Gasteiger partial charge on any atom is 0.0189 e. The monoisotopic (exact) mass is 371 g/mol. The molecule has 0 radical (unpaired) electrons. The van der Waals surface area contributed by atoms with E-state index in [4.69, 9.17) is 5.73 Å². The zero-order valence-corrected chi connectivity index (χ0v) is 13.0. The second kappa shape index (κ2) is 6.05. The van der Waals surface area contributed by atoms with Crippen LogP contribution in [0.15, 0.2) is 61.2 Å². The highest BCUT2D eigenvalue weighted by Gasteiger charge is 2.04. The summed E-state index contributed by atoms with van der Waals surface area (Å²) >= 11 is 8.67. The highest BCUT2D eigenvalue weighted by atomic mass is 79.9. The molecule has 0 unspecified atom stereocenters. The highest BCUT2D eigenvalue weighted by molar-refractivity contribution is 9.10. The van der Waals surface area contributed by atoms with E-state index in [2.05, 4.69) is 56.1 Å². The highest BCUT2D eigenvalue weighted by Crippen LogP contribution is 2.33. The third-order valence-electron chi connectivity index (χ3n) is 2.27. The van der Waals surface area contributed by atoms with Gasteiger partial charge in [-0.25, -0.2) is 0 Å². The van der Waals surface area contributed by atoms with Gasteiger partial charge in [0.1, 0.15) is 0 Å². The van der Waals surface area contributed by atoms with Crippen LogP contribution in [-0.2, 0) is 6.54 Å². The second-order valence-electron chi connectivity index (χ2n) is 3.52. The van der Waals surface area contributed by atoms with Gasteiger partial charge >= 0.3 is 0 Å². The van der Waals surface area contributed by atoms with Gasteiger partial charge in [0, 0.05) is 25.3 Å². The van der Waals surface area contributed by atoms with E-state index in [0.29, 0.717) is 6.54 Å². The Morgan fingerprint density at radius 2 is 1.76 bits per heavy atom. The Labute approximate surface area is 122 Å². The van der Waals surface area contributed by atoms with Crippen molar-refractivity contribution in [3.05, 3.63) is 57.0 Å². The Balaban J connectivity index is 2.29. The van der Waals surface area contributed by atoms with Gasteiger partial charge in [0.2, 0.25) is 0 Å². The molecule has 2 N–H and O–H groups in total. The molecule has 0 aliphatic rings. The lowest BCUT2D eigenvalue weighted by Gasteiger charge is -2.08. The van der Waals surface area contributed by atoms with Crippen molar-refractivity contribution in [2.45, 2.75) is 16.3 Å². The van der Waals surface area contributed by atoms with Gasteiger partial charge in [0.25, 0.3) is 0 Å². The number of hydrogen-bond donors (Lipinski definition) is 1. The van der Waals surface area contributed by atoms with Crippen molar-refractivity contribution in [3.8, 4) is 0 Å². The van der Waals surface area contributed by atoms with E-state index in [9.17, 15) is 0 Å². The molecule has 0 saturated heterocycles. The fourth-order valence-electron chi connectivity index (χ4n) is 1.46. The Bertz CT molecular complexity index is 529. The predicted molar refractivity (Wildman–Crippen MR) is 80.3 cm³/mol. The van der Waals surface area contributed by atoms with Crippen molar-refractivity contribution in [2.75, 3.05) is 0 Å². The largest absolute Gasteiger partial charge is 0.326 e. The number of rotatable bonds is 3. The zero-order chi connectivity index (χ0) is 12.3. The molecule has 0 spiro atoms. The Hall–Kier alpha value is -0.290. The third-order valence-corrected chi connectivity index (χ3v) is 4.36. The normalized spacial score (nSPS) is 10.5. The van der Waals surface area contributed by atoms with Crippen molar-refractivity contribution in [2.24, 2.45) is 5.73 Å². The molecule has 4 heteroatoms. The number of halogens is 2. The smallest absolute Gasteiger partial charge is 0.0189 e. The van der Waals surface area contributed by atoms with Crippen LogP contribution in [0, 0.1) is 0 Å². The fourth-order valence-corrected chi connectivity index (χ4v) is 3.42. The minimum Gasteiger partial charge on any atom is -0.326 e. The average molecular weight is 373 g/mol. The first kappa shape index (κ1) is 13.1. The molecule has 0 aliphatic heterocycles. The van der Waals surface area contributed by atoms with Gasteiger partial charge in [-0.2, -0.15) is 0 Å². The van der Waals surface area contributed by atoms with Crippen LogP contribution >= 0.6 is 43.6 Å². The van der Waals surface area contributed by atoms with Gasteiger partial charge in [-0.15, -0.1) is 0 Å². The second-order valence-corrected chi connectivity index (χ2v) is 6.46. The molecule has 1 nitrogen and oxygen atoms in total. The quantitative estimate of drug-likeness (QED) is 0.835. The van der Waals surface area contributed by atoms with E-state index in [-0.39, 0.29) is 0 Å². The lowest BCUT2D eigenvalue weighted by Crippen LogP contribution is -1.98. The molecule has 0 fully saturated rings. The Kier molecular flexibility index (Phi) is 4.68. The number of nitrogens with two attached hydrogens (primary N) is 1. The fraction of sp³-hybridized carbons (Fsp3) is 0.0769. The minimum atomic E-state index is 0.551. The van der Waals surface area contributed by atoms with Crippen LogP contribution in [0.3, 0.4) is 0 Å². The van der Waals surface area contributed by atoms with E-state index >= 15 is 0 Å². The summed E-state index contributed by atoms with van der Waals surface area (Å²) in [7, 11) is 0. The third kappa shape index (κ3) is 3.58. The summed E-state index contributed by atoms with van der Waals surface area (Å²) in [5.41, 5.74) is 6.92. The first-order chi connectivity index (χ1) is 8.19. The lowest BCUT2D eigenvalue weighted by atomic mass is 10.2. The van der Waals surface area contributed by atoms with Crippen molar-refractivity contribution in [1.82, 2.24) is 0 Å². The molecule has 2 rings (SSSR count). The van der Waals surface area contributed by atoms with Crippen molar-refractivity contribution < 1.29 is 0 Å². The molecule has 2 aromatic rings. The van der Waals surface area contributed by atoms with Gasteiger partial charge in [-0.05, 0) is 42.0 Å². The maximum absolute atomic E-state index is 5.76. The van der Waals surface area contributed by atoms with E-state index in [1.807, 2.05) is 18.2 Å². The van der Waals surface area contributed by atoms with Crippen LogP contribution in [0.5, 0.6) is 0 Å². The molecule has 88 valence electrons. The summed E-state index contributed by atoms with van der Waals surface area (Å²) in [4.78, 5) is 2.41. The van der Waals surface area contributed by atoms with E-state index in [0.717, 1.165) is 14.5 Å². The minimum absolute atomic E-state index is 0.551. The number of hydrogen-bond acceptors (Lipinski definition) is 2.